The first-order chi connectivity index (χ1) is 12.2. The van der Waals surface area contributed by atoms with Gasteiger partial charge in [-0.05, 0) is 24.5 Å². The number of carbonyl (C=O) groups excluding carboxylic acids is 1. The van der Waals surface area contributed by atoms with Crippen molar-refractivity contribution in [3.05, 3.63) is 35.4 Å². The van der Waals surface area contributed by atoms with Crippen LogP contribution >= 0.6 is 0 Å². The van der Waals surface area contributed by atoms with E-state index >= 15 is 0 Å². The predicted octanol–water partition coefficient (Wildman–Crippen LogP) is 0.990. The van der Waals surface area contributed by atoms with Gasteiger partial charge in [0.2, 0.25) is 5.91 Å². The lowest BCUT2D eigenvalue weighted by atomic mass is 9.98. The van der Waals surface area contributed by atoms with Gasteiger partial charge < -0.3 is 14.7 Å². The summed E-state index contributed by atoms with van der Waals surface area (Å²) in [6, 6.07) is 9.75. The molecule has 2 aliphatic rings. The predicted molar refractivity (Wildman–Crippen MR) is 92.6 cm³/mol. The fourth-order valence-electron chi connectivity index (χ4n) is 3.61. The summed E-state index contributed by atoms with van der Waals surface area (Å²) < 4.78 is 5.33. The van der Waals surface area contributed by atoms with Crippen molar-refractivity contribution in [1.82, 2.24) is 9.80 Å². The SMILES string of the molecule is N#Cc1ccccc1CN1CCN(C(=O)C2CCOCC2)C[C@H](O)C1. The number of carbonyl (C=O) groups is 1. The van der Waals surface area contributed by atoms with Gasteiger partial charge >= 0.3 is 0 Å². The van der Waals surface area contributed by atoms with Gasteiger partial charge in [-0.3, -0.25) is 9.69 Å². The maximum absolute atomic E-state index is 12.7. The van der Waals surface area contributed by atoms with Crippen molar-refractivity contribution in [3.8, 4) is 6.07 Å². The Morgan fingerprint density at radius 1 is 1.24 bits per heavy atom. The highest BCUT2D eigenvalue weighted by Crippen LogP contribution is 2.19. The number of rotatable bonds is 3. The van der Waals surface area contributed by atoms with Crippen LogP contribution in [0.25, 0.3) is 0 Å². The normalized spacial score (nSPS) is 23.0. The fourth-order valence-corrected chi connectivity index (χ4v) is 3.61. The zero-order valence-corrected chi connectivity index (χ0v) is 14.4. The van der Waals surface area contributed by atoms with E-state index in [1.165, 1.54) is 0 Å². The van der Waals surface area contributed by atoms with Crippen molar-refractivity contribution < 1.29 is 14.6 Å². The molecule has 1 atom stereocenters. The Hall–Kier alpha value is -1.94. The van der Waals surface area contributed by atoms with E-state index in [0.717, 1.165) is 18.4 Å². The van der Waals surface area contributed by atoms with Gasteiger partial charge in [0.05, 0.1) is 17.7 Å². The van der Waals surface area contributed by atoms with Crippen LogP contribution in [-0.2, 0) is 16.1 Å². The topological polar surface area (TPSA) is 76.8 Å². The first kappa shape index (κ1) is 17.9. The molecule has 2 heterocycles. The van der Waals surface area contributed by atoms with Gasteiger partial charge in [0.1, 0.15) is 0 Å². The Balaban J connectivity index is 1.62. The fraction of sp³-hybridized carbons (Fsp3) is 0.579. The van der Waals surface area contributed by atoms with Gasteiger partial charge in [-0.2, -0.15) is 5.26 Å². The van der Waals surface area contributed by atoms with E-state index in [4.69, 9.17) is 4.74 Å². The van der Waals surface area contributed by atoms with E-state index in [-0.39, 0.29) is 11.8 Å². The van der Waals surface area contributed by atoms with Gasteiger partial charge in [0, 0.05) is 51.9 Å². The molecule has 0 radical (unpaired) electrons. The summed E-state index contributed by atoms with van der Waals surface area (Å²) in [4.78, 5) is 16.6. The largest absolute Gasteiger partial charge is 0.390 e. The van der Waals surface area contributed by atoms with Crippen LogP contribution in [-0.4, -0.2) is 66.3 Å². The number of hydrogen-bond acceptors (Lipinski definition) is 5. The minimum absolute atomic E-state index is 0.0202. The van der Waals surface area contributed by atoms with E-state index in [2.05, 4.69) is 11.0 Å². The summed E-state index contributed by atoms with van der Waals surface area (Å²) in [5.41, 5.74) is 1.62. The summed E-state index contributed by atoms with van der Waals surface area (Å²) >= 11 is 0. The Morgan fingerprint density at radius 2 is 2.00 bits per heavy atom. The first-order valence-corrected chi connectivity index (χ1v) is 8.92. The Morgan fingerprint density at radius 3 is 2.76 bits per heavy atom. The number of β-amino-alcohol motifs (C(OH)–C–C–N with tert-alkyl or cyclic N) is 1. The Labute approximate surface area is 148 Å². The van der Waals surface area contributed by atoms with Gasteiger partial charge in [-0.15, -0.1) is 0 Å². The third-order valence-electron chi connectivity index (χ3n) is 5.00. The highest BCUT2D eigenvalue weighted by molar-refractivity contribution is 5.79. The molecule has 0 bridgehead atoms. The van der Waals surface area contributed by atoms with E-state index in [9.17, 15) is 15.2 Å². The summed E-state index contributed by atoms with van der Waals surface area (Å²) in [7, 11) is 0. The smallest absolute Gasteiger partial charge is 0.225 e. The molecule has 25 heavy (non-hydrogen) atoms. The zero-order valence-electron chi connectivity index (χ0n) is 14.4. The minimum Gasteiger partial charge on any atom is -0.390 e. The Bertz CT molecular complexity index is 637. The molecule has 0 aromatic heterocycles. The van der Waals surface area contributed by atoms with E-state index in [1.54, 1.807) is 4.90 Å². The molecule has 2 aliphatic heterocycles. The monoisotopic (exact) mass is 343 g/mol. The zero-order chi connectivity index (χ0) is 17.6. The number of benzene rings is 1. The summed E-state index contributed by atoms with van der Waals surface area (Å²) in [5, 5.41) is 19.6. The van der Waals surface area contributed by atoms with Crippen molar-refractivity contribution in [1.29, 1.82) is 5.26 Å². The van der Waals surface area contributed by atoms with Crippen LogP contribution in [0.3, 0.4) is 0 Å². The van der Waals surface area contributed by atoms with Crippen LogP contribution in [0, 0.1) is 17.2 Å². The van der Waals surface area contributed by atoms with Crippen LogP contribution in [0.5, 0.6) is 0 Å². The average Bonchev–Trinajstić information content (AvgIpc) is 2.83. The molecule has 1 N–H and O–H groups in total. The molecule has 134 valence electrons. The lowest BCUT2D eigenvalue weighted by Crippen LogP contribution is -2.42. The summed E-state index contributed by atoms with van der Waals surface area (Å²) in [6.45, 7) is 4.10. The van der Waals surface area contributed by atoms with Gasteiger partial charge in [0.15, 0.2) is 0 Å². The van der Waals surface area contributed by atoms with Crippen LogP contribution in [0.15, 0.2) is 24.3 Å². The van der Waals surface area contributed by atoms with E-state index < -0.39 is 6.10 Å². The van der Waals surface area contributed by atoms with Gasteiger partial charge in [-0.1, -0.05) is 18.2 Å². The first-order valence-electron chi connectivity index (χ1n) is 8.92. The molecule has 2 fully saturated rings. The number of aliphatic hydroxyl groups excluding tert-OH is 1. The number of nitrogens with zero attached hydrogens (tertiary/aromatic N) is 3. The highest BCUT2D eigenvalue weighted by Gasteiger charge is 2.30. The van der Waals surface area contributed by atoms with Gasteiger partial charge in [0.25, 0.3) is 0 Å². The standard InChI is InChI=1S/C19H25N3O3/c20-11-16-3-1-2-4-17(16)12-21-7-8-22(14-18(23)13-21)19(24)15-5-9-25-10-6-15/h1-4,15,18,23H,5-10,12-14H2/t18-/m1/s1. The minimum atomic E-state index is -0.569. The summed E-state index contributed by atoms with van der Waals surface area (Å²) in [6.07, 6.45) is 0.968. The van der Waals surface area contributed by atoms with Crippen LogP contribution in [0.2, 0.25) is 0 Å². The van der Waals surface area contributed by atoms with Crippen LogP contribution < -0.4 is 0 Å². The highest BCUT2D eigenvalue weighted by atomic mass is 16.5. The molecule has 2 saturated heterocycles. The van der Waals surface area contributed by atoms with Crippen LogP contribution in [0.4, 0.5) is 0 Å². The molecule has 3 rings (SSSR count). The maximum Gasteiger partial charge on any atom is 0.225 e. The summed E-state index contributed by atoms with van der Waals surface area (Å²) in [5.74, 6) is 0.161. The molecular weight excluding hydrogens is 318 g/mol. The number of hydrogen-bond donors (Lipinski definition) is 1. The van der Waals surface area contributed by atoms with E-state index in [0.29, 0.717) is 51.5 Å². The molecule has 1 amide bonds. The molecule has 6 nitrogen and oxygen atoms in total. The molecule has 0 unspecified atom stereocenters. The molecular formula is C19H25N3O3. The third kappa shape index (κ3) is 4.57. The van der Waals surface area contributed by atoms with Gasteiger partial charge in [-0.25, -0.2) is 0 Å². The number of amides is 1. The van der Waals surface area contributed by atoms with Crippen LogP contribution in [0.1, 0.15) is 24.0 Å². The van der Waals surface area contributed by atoms with Crippen molar-refractivity contribution in [3.63, 3.8) is 0 Å². The third-order valence-corrected chi connectivity index (χ3v) is 5.00. The number of nitriles is 1. The lowest BCUT2D eigenvalue weighted by molar-refractivity contribution is -0.139. The molecule has 0 saturated carbocycles. The second-order valence-corrected chi connectivity index (χ2v) is 6.83. The number of ether oxygens (including phenoxy) is 1. The Kier molecular flexibility index (Phi) is 6.03. The van der Waals surface area contributed by atoms with Crippen molar-refractivity contribution in [2.45, 2.75) is 25.5 Å². The molecule has 1 aromatic carbocycles. The average molecular weight is 343 g/mol. The second-order valence-electron chi connectivity index (χ2n) is 6.83. The molecule has 0 spiro atoms. The van der Waals surface area contributed by atoms with Crippen molar-refractivity contribution in [2.24, 2.45) is 5.92 Å². The molecule has 0 aliphatic carbocycles. The molecule has 6 heteroatoms. The van der Waals surface area contributed by atoms with Crippen molar-refractivity contribution >= 4 is 5.91 Å². The maximum atomic E-state index is 12.7. The number of aliphatic hydroxyl groups is 1. The lowest BCUT2D eigenvalue weighted by Gasteiger charge is -2.29. The quantitative estimate of drug-likeness (QED) is 0.886. The van der Waals surface area contributed by atoms with E-state index in [1.807, 2.05) is 24.3 Å². The van der Waals surface area contributed by atoms with Crippen molar-refractivity contribution in [2.75, 3.05) is 39.4 Å². The molecule has 1 aromatic rings. The second kappa shape index (κ2) is 8.43.